The number of Topliss-reactive ketones (excluding diaryl/α,β-unsaturated/α-hetero) is 1. The second kappa shape index (κ2) is 5.97. The molecule has 0 spiro atoms. The third kappa shape index (κ3) is 2.98. The first kappa shape index (κ1) is 15.7. The Labute approximate surface area is 122 Å². The van der Waals surface area contributed by atoms with E-state index in [2.05, 4.69) is 5.32 Å². The Hall–Kier alpha value is -2.70. The number of carbonyl (C=O) groups is 2. The van der Waals surface area contributed by atoms with Crippen LogP contribution in [0.1, 0.15) is 27.6 Å². The summed E-state index contributed by atoms with van der Waals surface area (Å²) in [7, 11) is 0. The molecule has 22 heavy (non-hydrogen) atoms. The van der Waals surface area contributed by atoms with Crippen LogP contribution >= 0.6 is 0 Å². The van der Waals surface area contributed by atoms with E-state index in [9.17, 15) is 27.2 Å². The lowest BCUT2D eigenvalue weighted by Crippen LogP contribution is -2.16. The van der Waals surface area contributed by atoms with Crippen LogP contribution in [0.3, 0.4) is 0 Å². The minimum absolute atomic E-state index is 0.127. The zero-order valence-electron chi connectivity index (χ0n) is 11.2. The molecule has 1 amide bonds. The molecule has 0 saturated heterocycles. The molecule has 0 atom stereocenters. The summed E-state index contributed by atoms with van der Waals surface area (Å²) in [6.45, 7) is 1.31. The molecule has 0 aliphatic rings. The van der Waals surface area contributed by atoms with Crippen LogP contribution in [0.2, 0.25) is 0 Å². The van der Waals surface area contributed by atoms with Crippen molar-refractivity contribution in [1.82, 2.24) is 0 Å². The molecule has 2 aromatic rings. The van der Waals surface area contributed by atoms with Crippen LogP contribution in [0, 0.1) is 23.3 Å². The number of nitrogens with one attached hydrogen (secondary N) is 1. The number of ketones is 1. The maximum absolute atomic E-state index is 13.5. The third-order valence-corrected chi connectivity index (χ3v) is 2.87. The zero-order valence-corrected chi connectivity index (χ0v) is 11.2. The Balaban J connectivity index is 2.34. The fraction of sp³-hybridized carbons (Fsp3) is 0.0667. The van der Waals surface area contributed by atoms with Gasteiger partial charge in [-0.05, 0) is 25.1 Å². The van der Waals surface area contributed by atoms with Crippen LogP contribution in [-0.4, -0.2) is 11.7 Å². The molecule has 0 unspecified atom stereocenters. The molecule has 0 saturated carbocycles. The monoisotopic (exact) mass is 311 g/mol. The van der Waals surface area contributed by atoms with E-state index in [0.717, 1.165) is 0 Å². The first-order chi connectivity index (χ1) is 10.3. The molecule has 7 heteroatoms. The van der Waals surface area contributed by atoms with Crippen molar-refractivity contribution < 1.29 is 27.2 Å². The fourth-order valence-corrected chi connectivity index (χ4v) is 1.75. The summed E-state index contributed by atoms with van der Waals surface area (Å²) in [5, 5.41) is 2.18. The van der Waals surface area contributed by atoms with Gasteiger partial charge in [0.2, 0.25) is 0 Å². The number of halogens is 4. The molecule has 0 fully saturated rings. The lowest BCUT2D eigenvalue weighted by Gasteiger charge is -2.08. The number of anilines is 1. The zero-order chi connectivity index (χ0) is 16.4. The Morgan fingerprint density at radius 3 is 2.27 bits per heavy atom. The van der Waals surface area contributed by atoms with Crippen molar-refractivity contribution in [3.8, 4) is 0 Å². The Morgan fingerprint density at radius 2 is 1.64 bits per heavy atom. The van der Waals surface area contributed by atoms with Crippen molar-refractivity contribution in [3.05, 3.63) is 64.7 Å². The molecule has 0 radical (unpaired) electrons. The van der Waals surface area contributed by atoms with Crippen LogP contribution in [0.5, 0.6) is 0 Å². The van der Waals surface area contributed by atoms with Gasteiger partial charge in [0.1, 0.15) is 0 Å². The van der Waals surface area contributed by atoms with Crippen LogP contribution in [0.4, 0.5) is 23.2 Å². The standard InChI is InChI=1S/C15H9F4NO2/c1-7(21)8-3-2-4-9(5-8)20-15(22)10-6-11(16)13(18)14(19)12(10)17/h2-6H,1H3,(H,20,22). The van der Waals surface area contributed by atoms with E-state index >= 15 is 0 Å². The predicted molar refractivity (Wildman–Crippen MR) is 70.7 cm³/mol. The lowest BCUT2D eigenvalue weighted by molar-refractivity contribution is 0.100. The fourth-order valence-electron chi connectivity index (χ4n) is 1.75. The van der Waals surface area contributed by atoms with E-state index in [0.29, 0.717) is 0 Å². The summed E-state index contributed by atoms with van der Waals surface area (Å²) in [6.07, 6.45) is 0. The Bertz CT molecular complexity index is 774. The molecular formula is C15H9F4NO2. The topological polar surface area (TPSA) is 46.2 Å². The number of carbonyl (C=O) groups excluding carboxylic acids is 2. The Kier molecular flexibility index (Phi) is 4.25. The maximum Gasteiger partial charge on any atom is 0.258 e. The van der Waals surface area contributed by atoms with Gasteiger partial charge in [0.15, 0.2) is 29.1 Å². The van der Waals surface area contributed by atoms with Crippen LogP contribution in [0.15, 0.2) is 30.3 Å². The second-order valence-electron chi connectivity index (χ2n) is 4.44. The number of amides is 1. The summed E-state index contributed by atoms with van der Waals surface area (Å²) in [4.78, 5) is 23.1. The highest BCUT2D eigenvalue weighted by molar-refractivity contribution is 6.05. The number of hydrogen-bond acceptors (Lipinski definition) is 2. The van der Waals surface area contributed by atoms with Gasteiger partial charge in [-0.1, -0.05) is 12.1 Å². The van der Waals surface area contributed by atoms with Gasteiger partial charge < -0.3 is 5.32 Å². The first-order valence-electron chi connectivity index (χ1n) is 6.06. The lowest BCUT2D eigenvalue weighted by atomic mass is 10.1. The van der Waals surface area contributed by atoms with Crippen molar-refractivity contribution in [1.29, 1.82) is 0 Å². The van der Waals surface area contributed by atoms with Gasteiger partial charge in [-0.15, -0.1) is 0 Å². The number of benzene rings is 2. The first-order valence-corrected chi connectivity index (χ1v) is 6.06. The van der Waals surface area contributed by atoms with Crippen LogP contribution in [-0.2, 0) is 0 Å². The van der Waals surface area contributed by atoms with Crippen LogP contribution < -0.4 is 5.32 Å². The minimum atomic E-state index is -2.07. The predicted octanol–water partition coefficient (Wildman–Crippen LogP) is 3.70. The highest BCUT2D eigenvalue weighted by Crippen LogP contribution is 2.20. The van der Waals surface area contributed by atoms with Gasteiger partial charge in [-0.25, -0.2) is 17.6 Å². The third-order valence-electron chi connectivity index (χ3n) is 2.87. The molecule has 0 heterocycles. The average molecular weight is 311 g/mol. The van der Waals surface area contributed by atoms with E-state index in [4.69, 9.17) is 0 Å². The summed E-state index contributed by atoms with van der Waals surface area (Å²) < 4.78 is 52.5. The molecule has 0 aliphatic carbocycles. The van der Waals surface area contributed by atoms with Crippen molar-refractivity contribution in [3.63, 3.8) is 0 Å². The van der Waals surface area contributed by atoms with E-state index in [1.165, 1.54) is 31.2 Å². The van der Waals surface area contributed by atoms with Gasteiger partial charge >= 0.3 is 0 Å². The summed E-state index contributed by atoms with van der Waals surface area (Å²) in [5.41, 5.74) is -0.568. The highest BCUT2D eigenvalue weighted by Gasteiger charge is 2.23. The molecule has 2 aromatic carbocycles. The van der Waals surface area contributed by atoms with Gasteiger partial charge in [0.05, 0.1) is 5.56 Å². The number of hydrogen-bond donors (Lipinski definition) is 1. The van der Waals surface area contributed by atoms with E-state index in [1.807, 2.05) is 0 Å². The molecule has 0 bridgehead atoms. The van der Waals surface area contributed by atoms with Crippen molar-refractivity contribution in [2.75, 3.05) is 5.32 Å². The molecular weight excluding hydrogens is 302 g/mol. The van der Waals surface area contributed by atoms with Crippen LogP contribution in [0.25, 0.3) is 0 Å². The van der Waals surface area contributed by atoms with Crippen molar-refractivity contribution in [2.45, 2.75) is 6.92 Å². The van der Waals surface area contributed by atoms with E-state index < -0.39 is 34.7 Å². The highest BCUT2D eigenvalue weighted by atomic mass is 19.2. The minimum Gasteiger partial charge on any atom is -0.322 e. The van der Waals surface area contributed by atoms with Gasteiger partial charge in [-0.3, -0.25) is 9.59 Å². The summed E-state index contributed by atoms with van der Waals surface area (Å²) in [5.74, 6) is -8.96. The molecule has 0 aliphatic heterocycles. The van der Waals surface area contributed by atoms with Gasteiger partial charge in [-0.2, -0.15) is 0 Å². The smallest absolute Gasteiger partial charge is 0.258 e. The quantitative estimate of drug-likeness (QED) is 0.407. The Morgan fingerprint density at radius 1 is 0.955 bits per heavy atom. The normalized spacial score (nSPS) is 10.4. The summed E-state index contributed by atoms with van der Waals surface area (Å²) >= 11 is 0. The van der Waals surface area contributed by atoms with E-state index in [1.54, 1.807) is 0 Å². The maximum atomic E-state index is 13.5. The van der Waals surface area contributed by atoms with Gasteiger partial charge in [0.25, 0.3) is 5.91 Å². The van der Waals surface area contributed by atoms with Crippen molar-refractivity contribution >= 4 is 17.4 Å². The van der Waals surface area contributed by atoms with Crippen molar-refractivity contribution in [2.24, 2.45) is 0 Å². The molecule has 3 nitrogen and oxygen atoms in total. The molecule has 114 valence electrons. The largest absolute Gasteiger partial charge is 0.322 e. The molecule has 1 N–H and O–H groups in total. The molecule has 0 aromatic heterocycles. The molecule has 2 rings (SSSR count). The number of rotatable bonds is 3. The second-order valence-corrected chi connectivity index (χ2v) is 4.44. The summed E-state index contributed by atoms with van der Waals surface area (Å²) in [6, 6.07) is 5.94. The average Bonchev–Trinajstić information content (AvgIpc) is 2.49. The van der Waals surface area contributed by atoms with Gasteiger partial charge in [0, 0.05) is 11.3 Å². The SMILES string of the molecule is CC(=O)c1cccc(NC(=O)c2cc(F)c(F)c(F)c2F)c1. The van der Waals surface area contributed by atoms with E-state index in [-0.39, 0.29) is 23.1 Å².